The summed E-state index contributed by atoms with van der Waals surface area (Å²) in [6.07, 6.45) is 2.28. The van der Waals surface area contributed by atoms with E-state index in [1.54, 1.807) is 0 Å². The van der Waals surface area contributed by atoms with Gasteiger partial charge < -0.3 is 15.2 Å². The first kappa shape index (κ1) is 24.3. The molecule has 2 unspecified atom stereocenters. The minimum atomic E-state index is -3.55. The van der Waals surface area contributed by atoms with Gasteiger partial charge in [-0.2, -0.15) is 15.0 Å². The summed E-state index contributed by atoms with van der Waals surface area (Å²) < 4.78 is 31.1. The summed E-state index contributed by atoms with van der Waals surface area (Å²) in [6, 6.07) is 8.20. The van der Waals surface area contributed by atoms with Crippen molar-refractivity contribution < 1.29 is 18.3 Å². The van der Waals surface area contributed by atoms with Crippen LogP contribution in [0.5, 0.6) is 0 Å². The van der Waals surface area contributed by atoms with E-state index in [4.69, 9.17) is 4.74 Å². The van der Waals surface area contributed by atoms with Crippen LogP contribution < -0.4 is 10.0 Å². The molecule has 0 radical (unpaired) electrons. The van der Waals surface area contributed by atoms with Gasteiger partial charge in [0.1, 0.15) is 5.82 Å². The molecule has 1 aromatic carbocycles. The van der Waals surface area contributed by atoms with E-state index in [-0.39, 0.29) is 30.5 Å². The molecule has 2 heterocycles. The quantitative estimate of drug-likeness (QED) is 0.464. The molecule has 1 aromatic heterocycles. The first-order valence-electron chi connectivity index (χ1n) is 10.9. The first-order valence-corrected chi connectivity index (χ1v) is 12.8. The lowest BCUT2D eigenvalue weighted by Crippen LogP contribution is -2.27. The molecular formula is C22H33N5O4S. The van der Waals surface area contributed by atoms with E-state index in [1.807, 2.05) is 6.07 Å². The lowest BCUT2D eigenvalue weighted by atomic mass is 9.91. The van der Waals surface area contributed by atoms with Crippen LogP contribution in [-0.2, 0) is 21.2 Å². The maximum atomic E-state index is 11.7. The maximum absolute atomic E-state index is 11.7. The van der Waals surface area contributed by atoms with Gasteiger partial charge in [-0.05, 0) is 29.4 Å². The Kier molecular flexibility index (Phi) is 8.02. The fourth-order valence-electron chi connectivity index (χ4n) is 3.66. The van der Waals surface area contributed by atoms with Gasteiger partial charge in [-0.1, -0.05) is 45.0 Å². The van der Waals surface area contributed by atoms with E-state index in [1.165, 1.54) is 5.56 Å². The van der Waals surface area contributed by atoms with Gasteiger partial charge in [0.05, 0.1) is 32.1 Å². The third kappa shape index (κ3) is 7.11. The third-order valence-corrected chi connectivity index (χ3v) is 5.90. The maximum Gasteiger partial charge on any atom is 0.241 e. The van der Waals surface area contributed by atoms with Crippen LogP contribution >= 0.6 is 0 Å². The highest BCUT2D eigenvalue weighted by Crippen LogP contribution is 2.28. The van der Waals surface area contributed by atoms with Gasteiger partial charge in [-0.25, -0.2) is 8.42 Å². The van der Waals surface area contributed by atoms with E-state index in [0.717, 1.165) is 31.5 Å². The third-order valence-electron chi connectivity index (χ3n) is 5.35. The molecule has 0 saturated carbocycles. The van der Waals surface area contributed by atoms with Crippen molar-refractivity contribution in [1.82, 2.24) is 15.0 Å². The number of ether oxygens (including phenoxy) is 1. The van der Waals surface area contributed by atoms with Crippen molar-refractivity contribution in [3.05, 3.63) is 41.2 Å². The molecule has 0 spiro atoms. The molecule has 9 nitrogen and oxygen atoms in total. The molecule has 1 aliphatic heterocycles. The molecule has 2 atom stereocenters. The molecule has 0 bridgehead atoms. The normalized spacial score (nSPS) is 16.4. The number of aromatic nitrogens is 3. The van der Waals surface area contributed by atoms with Crippen LogP contribution in [0.3, 0.4) is 0 Å². The van der Waals surface area contributed by atoms with Crippen molar-refractivity contribution in [3.63, 3.8) is 0 Å². The SMILES string of the molecule is CC(C)CC(CO)Nc1nc(CC(C)c2cccc(C3COC3)c2)nc(NS(C)(=O)=O)n1. The van der Waals surface area contributed by atoms with Crippen molar-refractivity contribution in [2.24, 2.45) is 5.92 Å². The summed E-state index contributed by atoms with van der Waals surface area (Å²) in [4.78, 5) is 13.0. The van der Waals surface area contributed by atoms with E-state index >= 15 is 0 Å². The fourth-order valence-corrected chi connectivity index (χ4v) is 4.08. The van der Waals surface area contributed by atoms with Gasteiger partial charge in [0.25, 0.3) is 0 Å². The largest absolute Gasteiger partial charge is 0.394 e. The molecule has 1 fully saturated rings. The van der Waals surface area contributed by atoms with Gasteiger partial charge in [-0.3, -0.25) is 4.72 Å². The summed E-state index contributed by atoms with van der Waals surface area (Å²) in [5.41, 5.74) is 2.42. The van der Waals surface area contributed by atoms with Crippen LogP contribution in [0.1, 0.15) is 56.0 Å². The second-order valence-electron chi connectivity index (χ2n) is 8.94. The number of nitrogens with one attached hydrogen (secondary N) is 2. The molecule has 0 amide bonds. The molecule has 0 aliphatic carbocycles. The van der Waals surface area contributed by atoms with Crippen LogP contribution in [-0.4, -0.2) is 60.6 Å². The number of hydrogen-bond donors (Lipinski definition) is 3. The lowest BCUT2D eigenvalue weighted by molar-refractivity contribution is 0.00839. The zero-order valence-electron chi connectivity index (χ0n) is 19.1. The number of rotatable bonds is 11. The van der Waals surface area contributed by atoms with Crippen molar-refractivity contribution in [2.45, 2.75) is 51.5 Å². The van der Waals surface area contributed by atoms with Crippen molar-refractivity contribution >= 4 is 21.9 Å². The van der Waals surface area contributed by atoms with Crippen molar-refractivity contribution in [1.29, 1.82) is 0 Å². The Morgan fingerprint density at radius 2 is 1.88 bits per heavy atom. The Bertz CT molecular complexity index is 1010. The molecule has 1 saturated heterocycles. The van der Waals surface area contributed by atoms with Gasteiger partial charge in [0.15, 0.2) is 0 Å². The Balaban J connectivity index is 1.82. The standard InChI is InChI=1S/C22H33N5O4S/c1-14(2)8-19(11-28)23-21-24-20(25-22(26-21)27-32(4,29)30)9-15(3)16-6-5-7-17(10-16)18-12-31-13-18/h5-7,10,14-15,18-19,28H,8-9,11-13H2,1-4H3,(H2,23,24,25,26,27). The van der Waals surface area contributed by atoms with Gasteiger partial charge in [0.2, 0.25) is 21.9 Å². The van der Waals surface area contributed by atoms with Gasteiger partial charge in [-0.15, -0.1) is 0 Å². The highest BCUT2D eigenvalue weighted by Gasteiger charge is 2.22. The number of aliphatic hydroxyl groups excluding tert-OH is 1. The molecule has 3 rings (SSSR count). The zero-order valence-corrected chi connectivity index (χ0v) is 19.9. The first-order chi connectivity index (χ1) is 15.1. The Morgan fingerprint density at radius 3 is 2.47 bits per heavy atom. The van der Waals surface area contributed by atoms with Gasteiger partial charge in [0, 0.05) is 12.3 Å². The lowest BCUT2D eigenvalue weighted by Gasteiger charge is -2.27. The van der Waals surface area contributed by atoms with Crippen molar-refractivity contribution in [3.8, 4) is 0 Å². The van der Waals surface area contributed by atoms with E-state index < -0.39 is 10.0 Å². The fraction of sp³-hybridized carbons (Fsp3) is 0.591. The predicted molar refractivity (Wildman–Crippen MR) is 124 cm³/mol. The van der Waals surface area contributed by atoms with Crippen LogP contribution in [0.4, 0.5) is 11.9 Å². The molecular weight excluding hydrogens is 430 g/mol. The van der Waals surface area contributed by atoms with Crippen LogP contribution in [0.15, 0.2) is 24.3 Å². The number of nitrogens with zero attached hydrogens (tertiary/aromatic N) is 3. The summed E-state index contributed by atoms with van der Waals surface area (Å²) in [6.45, 7) is 7.64. The predicted octanol–water partition coefficient (Wildman–Crippen LogP) is 2.52. The van der Waals surface area contributed by atoms with E-state index in [0.29, 0.717) is 24.1 Å². The molecule has 176 valence electrons. The van der Waals surface area contributed by atoms with E-state index in [9.17, 15) is 13.5 Å². The summed E-state index contributed by atoms with van der Waals surface area (Å²) >= 11 is 0. The second kappa shape index (κ2) is 10.5. The van der Waals surface area contributed by atoms with Crippen molar-refractivity contribution in [2.75, 3.05) is 36.1 Å². The Morgan fingerprint density at radius 1 is 1.16 bits per heavy atom. The minimum absolute atomic E-state index is 0.0335. The highest BCUT2D eigenvalue weighted by molar-refractivity contribution is 7.91. The zero-order chi connectivity index (χ0) is 23.3. The monoisotopic (exact) mass is 463 g/mol. The minimum Gasteiger partial charge on any atom is -0.394 e. The molecule has 32 heavy (non-hydrogen) atoms. The van der Waals surface area contributed by atoms with Crippen LogP contribution in [0.2, 0.25) is 0 Å². The Hall–Kier alpha value is -2.30. The summed E-state index contributed by atoms with van der Waals surface area (Å²) in [5.74, 6) is 1.60. The van der Waals surface area contributed by atoms with Gasteiger partial charge >= 0.3 is 0 Å². The topological polar surface area (TPSA) is 126 Å². The number of sulfonamides is 1. The molecule has 2 aromatic rings. The molecule has 10 heteroatoms. The summed E-state index contributed by atoms with van der Waals surface area (Å²) in [7, 11) is -3.55. The average molecular weight is 464 g/mol. The number of aliphatic hydroxyl groups is 1. The van der Waals surface area contributed by atoms with Crippen LogP contribution in [0, 0.1) is 5.92 Å². The van der Waals surface area contributed by atoms with Crippen LogP contribution in [0.25, 0.3) is 0 Å². The Labute approximate surface area is 190 Å². The molecule has 1 aliphatic rings. The summed E-state index contributed by atoms with van der Waals surface area (Å²) in [5, 5.41) is 12.8. The smallest absolute Gasteiger partial charge is 0.241 e. The number of hydrogen-bond acceptors (Lipinski definition) is 8. The number of anilines is 2. The molecule has 3 N–H and O–H groups in total. The number of benzene rings is 1. The van der Waals surface area contributed by atoms with E-state index in [2.05, 4.69) is 64.0 Å². The average Bonchev–Trinajstić information content (AvgIpc) is 2.64. The highest BCUT2D eigenvalue weighted by atomic mass is 32.2. The second-order valence-corrected chi connectivity index (χ2v) is 10.7.